The van der Waals surface area contributed by atoms with Gasteiger partial charge in [0.05, 0.1) is 18.2 Å². The number of aromatic nitrogens is 1. The molecule has 22 heavy (non-hydrogen) atoms. The second-order valence-electron chi connectivity index (χ2n) is 5.14. The SMILES string of the molecule is N#Cc1cccc(C(=O)N2CC[C@H](Oc3ccccn3)C2)c1. The normalized spacial score (nSPS) is 17.0. The highest BCUT2D eigenvalue weighted by Crippen LogP contribution is 2.18. The fourth-order valence-electron chi connectivity index (χ4n) is 2.50. The molecule has 0 spiro atoms. The van der Waals surface area contributed by atoms with E-state index in [9.17, 15) is 4.79 Å². The smallest absolute Gasteiger partial charge is 0.254 e. The topological polar surface area (TPSA) is 66.2 Å². The molecule has 3 rings (SSSR count). The lowest BCUT2D eigenvalue weighted by atomic mass is 10.1. The molecule has 1 aromatic carbocycles. The van der Waals surface area contributed by atoms with Crippen molar-refractivity contribution < 1.29 is 9.53 Å². The van der Waals surface area contributed by atoms with Crippen LogP contribution in [0.3, 0.4) is 0 Å². The maximum absolute atomic E-state index is 12.5. The van der Waals surface area contributed by atoms with Crippen molar-refractivity contribution in [1.82, 2.24) is 9.88 Å². The molecule has 5 nitrogen and oxygen atoms in total. The molecular weight excluding hydrogens is 278 g/mol. The summed E-state index contributed by atoms with van der Waals surface area (Å²) < 4.78 is 5.78. The first-order chi connectivity index (χ1) is 10.8. The monoisotopic (exact) mass is 293 g/mol. The number of benzene rings is 1. The van der Waals surface area contributed by atoms with Gasteiger partial charge in [-0.3, -0.25) is 4.79 Å². The van der Waals surface area contributed by atoms with Crippen LogP contribution in [0.1, 0.15) is 22.3 Å². The van der Waals surface area contributed by atoms with Crippen LogP contribution in [0.15, 0.2) is 48.7 Å². The third-order valence-corrected chi connectivity index (χ3v) is 3.60. The number of carbonyl (C=O) groups excluding carboxylic acids is 1. The molecule has 5 heteroatoms. The van der Waals surface area contributed by atoms with Crippen LogP contribution in [-0.4, -0.2) is 35.0 Å². The van der Waals surface area contributed by atoms with Crippen molar-refractivity contribution >= 4 is 5.91 Å². The lowest BCUT2D eigenvalue weighted by Gasteiger charge is -2.17. The van der Waals surface area contributed by atoms with E-state index in [1.54, 1.807) is 41.4 Å². The van der Waals surface area contributed by atoms with Gasteiger partial charge in [-0.05, 0) is 24.3 Å². The van der Waals surface area contributed by atoms with Gasteiger partial charge in [-0.2, -0.15) is 5.26 Å². The lowest BCUT2D eigenvalue weighted by Crippen LogP contribution is -2.31. The molecule has 0 radical (unpaired) electrons. The number of nitriles is 1. The Balaban J connectivity index is 1.64. The minimum atomic E-state index is -0.0655. The number of hydrogen-bond donors (Lipinski definition) is 0. The molecule has 0 bridgehead atoms. The quantitative estimate of drug-likeness (QED) is 0.870. The van der Waals surface area contributed by atoms with Crippen LogP contribution in [0.4, 0.5) is 0 Å². The van der Waals surface area contributed by atoms with E-state index in [0.717, 1.165) is 6.42 Å². The number of hydrogen-bond acceptors (Lipinski definition) is 4. The average molecular weight is 293 g/mol. The minimum absolute atomic E-state index is 0.0435. The molecule has 1 atom stereocenters. The Kier molecular flexibility index (Phi) is 4.01. The van der Waals surface area contributed by atoms with Gasteiger partial charge in [-0.25, -0.2) is 4.98 Å². The Morgan fingerprint density at radius 2 is 2.23 bits per heavy atom. The van der Waals surface area contributed by atoms with Gasteiger partial charge in [0.2, 0.25) is 5.88 Å². The molecule has 1 aromatic heterocycles. The molecule has 0 N–H and O–H groups in total. The van der Waals surface area contributed by atoms with Gasteiger partial charge >= 0.3 is 0 Å². The van der Waals surface area contributed by atoms with Crippen molar-refractivity contribution in [1.29, 1.82) is 5.26 Å². The van der Waals surface area contributed by atoms with E-state index in [0.29, 0.717) is 30.1 Å². The number of amides is 1. The first-order valence-corrected chi connectivity index (χ1v) is 7.13. The fraction of sp³-hybridized carbons (Fsp3) is 0.235. The Morgan fingerprint density at radius 1 is 1.32 bits per heavy atom. The minimum Gasteiger partial charge on any atom is -0.472 e. The zero-order valence-electron chi connectivity index (χ0n) is 12.0. The molecular formula is C17H15N3O2. The van der Waals surface area contributed by atoms with Crippen molar-refractivity contribution in [2.75, 3.05) is 13.1 Å². The van der Waals surface area contributed by atoms with Crippen LogP contribution in [0.2, 0.25) is 0 Å². The maximum atomic E-state index is 12.5. The molecule has 0 unspecified atom stereocenters. The Labute approximate surface area is 128 Å². The molecule has 0 saturated carbocycles. The van der Waals surface area contributed by atoms with Gasteiger partial charge in [0.15, 0.2) is 0 Å². The fourth-order valence-corrected chi connectivity index (χ4v) is 2.50. The van der Waals surface area contributed by atoms with E-state index in [4.69, 9.17) is 10.00 Å². The van der Waals surface area contributed by atoms with E-state index in [1.165, 1.54) is 0 Å². The lowest BCUT2D eigenvalue weighted by molar-refractivity contribution is 0.0771. The van der Waals surface area contributed by atoms with E-state index in [-0.39, 0.29) is 12.0 Å². The molecule has 110 valence electrons. The van der Waals surface area contributed by atoms with Crippen molar-refractivity contribution in [2.24, 2.45) is 0 Å². The molecule has 1 fully saturated rings. The van der Waals surface area contributed by atoms with Crippen molar-refractivity contribution in [3.63, 3.8) is 0 Å². The largest absolute Gasteiger partial charge is 0.472 e. The zero-order chi connectivity index (χ0) is 15.4. The Hall–Kier alpha value is -2.87. The molecule has 0 aliphatic carbocycles. The van der Waals surface area contributed by atoms with Gasteiger partial charge in [0.25, 0.3) is 5.91 Å². The van der Waals surface area contributed by atoms with E-state index >= 15 is 0 Å². The van der Waals surface area contributed by atoms with Crippen LogP contribution in [-0.2, 0) is 0 Å². The highest BCUT2D eigenvalue weighted by molar-refractivity contribution is 5.94. The second-order valence-corrected chi connectivity index (χ2v) is 5.14. The van der Waals surface area contributed by atoms with Gasteiger partial charge in [-0.15, -0.1) is 0 Å². The summed E-state index contributed by atoms with van der Waals surface area (Å²) >= 11 is 0. The second kappa shape index (κ2) is 6.27. The summed E-state index contributed by atoms with van der Waals surface area (Å²) in [6, 6.07) is 14.3. The predicted molar refractivity (Wildman–Crippen MR) is 80.3 cm³/mol. The Morgan fingerprint density at radius 3 is 3.00 bits per heavy atom. The number of rotatable bonds is 3. The summed E-state index contributed by atoms with van der Waals surface area (Å²) in [6.07, 6.45) is 2.42. The number of likely N-dealkylation sites (tertiary alicyclic amines) is 1. The first kappa shape index (κ1) is 14.1. The molecule has 1 aliphatic heterocycles. The molecule has 2 heterocycles. The third kappa shape index (κ3) is 3.07. The van der Waals surface area contributed by atoms with Crippen LogP contribution in [0, 0.1) is 11.3 Å². The van der Waals surface area contributed by atoms with Crippen molar-refractivity contribution in [3.05, 3.63) is 59.8 Å². The zero-order valence-corrected chi connectivity index (χ0v) is 12.0. The van der Waals surface area contributed by atoms with Crippen molar-refractivity contribution in [3.8, 4) is 11.9 Å². The predicted octanol–water partition coefficient (Wildman–Crippen LogP) is 2.25. The first-order valence-electron chi connectivity index (χ1n) is 7.13. The van der Waals surface area contributed by atoms with E-state index < -0.39 is 0 Å². The summed E-state index contributed by atoms with van der Waals surface area (Å²) in [4.78, 5) is 18.3. The standard InChI is InChI=1S/C17H15N3O2/c18-11-13-4-3-5-14(10-13)17(21)20-9-7-15(12-20)22-16-6-1-2-8-19-16/h1-6,8,10,15H,7,9,12H2/t15-/m0/s1. The summed E-state index contributed by atoms with van der Waals surface area (Å²) in [5, 5.41) is 8.91. The van der Waals surface area contributed by atoms with Crippen LogP contribution in [0.25, 0.3) is 0 Å². The molecule has 2 aromatic rings. The average Bonchev–Trinajstić information content (AvgIpc) is 3.03. The van der Waals surface area contributed by atoms with E-state index in [2.05, 4.69) is 11.1 Å². The molecule has 1 aliphatic rings. The van der Waals surface area contributed by atoms with Gasteiger partial charge in [0.1, 0.15) is 6.10 Å². The van der Waals surface area contributed by atoms with Crippen LogP contribution >= 0.6 is 0 Å². The Bertz CT molecular complexity index is 709. The highest BCUT2D eigenvalue weighted by atomic mass is 16.5. The van der Waals surface area contributed by atoms with Crippen molar-refractivity contribution in [2.45, 2.75) is 12.5 Å². The third-order valence-electron chi connectivity index (χ3n) is 3.60. The van der Waals surface area contributed by atoms with Gasteiger partial charge in [-0.1, -0.05) is 12.1 Å². The summed E-state index contributed by atoms with van der Waals surface area (Å²) in [7, 11) is 0. The maximum Gasteiger partial charge on any atom is 0.254 e. The summed E-state index contributed by atoms with van der Waals surface area (Å²) in [6.45, 7) is 1.18. The highest BCUT2D eigenvalue weighted by Gasteiger charge is 2.28. The summed E-state index contributed by atoms with van der Waals surface area (Å²) in [5.41, 5.74) is 1.03. The van der Waals surface area contributed by atoms with Crippen LogP contribution in [0.5, 0.6) is 5.88 Å². The number of carbonyl (C=O) groups is 1. The molecule has 1 saturated heterocycles. The molecule has 1 amide bonds. The summed E-state index contributed by atoms with van der Waals surface area (Å²) in [5.74, 6) is 0.512. The van der Waals surface area contributed by atoms with E-state index in [1.807, 2.05) is 12.1 Å². The number of nitrogens with zero attached hydrogens (tertiary/aromatic N) is 3. The van der Waals surface area contributed by atoms with Gasteiger partial charge < -0.3 is 9.64 Å². The number of pyridine rings is 1. The number of ether oxygens (including phenoxy) is 1. The van der Waals surface area contributed by atoms with Crippen LogP contribution < -0.4 is 4.74 Å². The van der Waals surface area contributed by atoms with Gasteiger partial charge in [0, 0.05) is 30.8 Å².